The second-order valence-electron chi connectivity index (χ2n) is 11.0. The molecule has 7 nitrogen and oxygen atoms in total. The van der Waals surface area contributed by atoms with E-state index in [4.69, 9.17) is 4.74 Å². The summed E-state index contributed by atoms with van der Waals surface area (Å²) in [5, 5.41) is 5.92. The first-order chi connectivity index (χ1) is 18.7. The zero-order valence-corrected chi connectivity index (χ0v) is 23.0. The molecule has 0 bridgehead atoms. The predicted octanol–water partition coefficient (Wildman–Crippen LogP) is 6.22. The molecule has 1 aliphatic heterocycles. The van der Waals surface area contributed by atoms with Crippen molar-refractivity contribution in [1.82, 2.24) is 0 Å². The number of nitrogens with one attached hydrogen (secondary N) is 2. The highest BCUT2D eigenvalue weighted by atomic mass is 16.6. The van der Waals surface area contributed by atoms with Gasteiger partial charge in [-0.2, -0.15) is 0 Å². The number of carbonyl (C=O) groups is 3. The molecule has 0 radical (unpaired) electrons. The van der Waals surface area contributed by atoms with E-state index in [1.54, 1.807) is 18.2 Å². The van der Waals surface area contributed by atoms with Gasteiger partial charge in [-0.25, -0.2) is 4.79 Å². The van der Waals surface area contributed by atoms with Crippen molar-refractivity contribution in [2.24, 2.45) is 0 Å². The summed E-state index contributed by atoms with van der Waals surface area (Å²) in [5.41, 5.74) is 5.80. The number of benzene rings is 3. The van der Waals surface area contributed by atoms with Crippen LogP contribution in [0.5, 0.6) is 0 Å². The summed E-state index contributed by atoms with van der Waals surface area (Å²) in [7, 11) is 4.40. The first-order valence-electron chi connectivity index (χ1n) is 13.6. The van der Waals surface area contributed by atoms with Gasteiger partial charge in [0.15, 0.2) is 0 Å². The molecule has 0 aliphatic carbocycles. The monoisotopic (exact) mass is 528 g/mol. The Kier molecular flexibility index (Phi) is 9.15. The Morgan fingerprint density at radius 1 is 0.949 bits per heavy atom. The molecule has 0 atom stereocenters. The molecule has 39 heavy (non-hydrogen) atoms. The summed E-state index contributed by atoms with van der Waals surface area (Å²) < 4.78 is 6.73. The number of rotatable bonds is 9. The van der Waals surface area contributed by atoms with Crippen molar-refractivity contribution in [1.29, 1.82) is 0 Å². The Bertz CT molecular complexity index is 1310. The van der Waals surface area contributed by atoms with E-state index in [0.29, 0.717) is 36.2 Å². The van der Waals surface area contributed by atoms with E-state index in [-0.39, 0.29) is 12.0 Å². The van der Waals surface area contributed by atoms with E-state index in [1.165, 1.54) is 0 Å². The standard InChI is InChI=1S/C32H37N3O4/c1-23-20-25(22-36)13-15-29(23)33-31(37)11-7-8-24-12-14-28(26-9-5-4-6-10-26)30(21-24)34-32(38)39-27-16-18-35(2,3)19-17-27/h4-6,9-10,12-15,20-22,27H,7-8,11,16-19H2,1-3H3,(H-,33,34,36,37,38)/p+1. The quantitative estimate of drug-likeness (QED) is 0.255. The van der Waals surface area contributed by atoms with Crippen LogP contribution in [0.1, 0.15) is 47.2 Å². The Morgan fingerprint density at radius 3 is 2.38 bits per heavy atom. The SMILES string of the molecule is Cc1cc(C=O)ccc1NC(=O)CCCc1ccc(-c2ccccc2)c(NC(=O)OC2CC[N+](C)(C)CC2)c1. The number of hydrogen-bond donors (Lipinski definition) is 2. The molecule has 0 saturated carbocycles. The van der Waals surface area contributed by atoms with Crippen LogP contribution in [0.25, 0.3) is 11.1 Å². The molecule has 0 aromatic heterocycles. The van der Waals surface area contributed by atoms with Gasteiger partial charge < -0.3 is 14.5 Å². The van der Waals surface area contributed by atoms with E-state index < -0.39 is 6.09 Å². The van der Waals surface area contributed by atoms with Crippen molar-refractivity contribution in [2.45, 2.75) is 45.1 Å². The van der Waals surface area contributed by atoms with Gasteiger partial charge in [0.05, 0.1) is 32.9 Å². The molecule has 1 heterocycles. The first kappa shape index (κ1) is 28.0. The van der Waals surface area contributed by atoms with Crippen molar-refractivity contribution >= 4 is 29.7 Å². The largest absolute Gasteiger partial charge is 0.446 e. The highest BCUT2D eigenvalue weighted by Gasteiger charge is 2.28. The zero-order valence-electron chi connectivity index (χ0n) is 23.0. The number of nitrogens with zero attached hydrogens (tertiary/aromatic N) is 1. The molecule has 1 saturated heterocycles. The Hall–Kier alpha value is -3.97. The van der Waals surface area contributed by atoms with Crippen molar-refractivity contribution < 1.29 is 23.6 Å². The van der Waals surface area contributed by atoms with Gasteiger partial charge in [-0.1, -0.05) is 42.5 Å². The van der Waals surface area contributed by atoms with Gasteiger partial charge in [-0.15, -0.1) is 0 Å². The number of carbonyl (C=O) groups excluding carboxylic acids is 3. The third-order valence-corrected chi connectivity index (χ3v) is 7.32. The number of amides is 2. The van der Waals surface area contributed by atoms with Gasteiger partial charge in [0.1, 0.15) is 12.4 Å². The van der Waals surface area contributed by atoms with Crippen LogP contribution in [-0.4, -0.2) is 56.1 Å². The number of piperidine rings is 1. The van der Waals surface area contributed by atoms with Crippen molar-refractivity contribution in [2.75, 3.05) is 37.8 Å². The summed E-state index contributed by atoms with van der Waals surface area (Å²) >= 11 is 0. The highest BCUT2D eigenvalue weighted by molar-refractivity contribution is 5.93. The molecule has 3 aromatic carbocycles. The van der Waals surface area contributed by atoms with Crippen LogP contribution in [-0.2, 0) is 16.0 Å². The molecule has 2 N–H and O–H groups in total. The number of aldehydes is 1. The maximum Gasteiger partial charge on any atom is 0.411 e. The van der Waals surface area contributed by atoms with Crippen LogP contribution >= 0.6 is 0 Å². The highest BCUT2D eigenvalue weighted by Crippen LogP contribution is 2.30. The van der Waals surface area contributed by atoms with Gasteiger partial charge in [0, 0.05) is 36.1 Å². The van der Waals surface area contributed by atoms with Crippen molar-refractivity contribution in [3.63, 3.8) is 0 Å². The maximum absolute atomic E-state index is 12.9. The van der Waals surface area contributed by atoms with Gasteiger partial charge in [0.2, 0.25) is 5.91 Å². The fourth-order valence-corrected chi connectivity index (χ4v) is 4.94. The molecule has 204 valence electrons. The van der Waals surface area contributed by atoms with Crippen LogP contribution in [0.3, 0.4) is 0 Å². The number of ether oxygens (including phenoxy) is 1. The molecule has 3 aromatic rings. The molecule has 7 heteroatoms. The summed E-state index contributed by atoms with van der Waals surface area (Å²) in [6, 6.07) is 21.2. The second-order valence-corrected chi connectivity index (χ2v) is 11.0. The number of anilines is 2. The summed E-state index contributed by atoms with van der Waals surface area (Å²) in [6.07, 6.45) is 3.70. The van der Waals surface area contributed by atoms with E-state index in [2.05, 4.69) is 24.7 Å². The van der Waals surface area contributed by atoms with E-state index in [0.717, 1.165) is 59.0 Å². The minimum absolute atomic E-state index is 0.0729. The van der Waals surface area contributed by atoms with Crippen LogP contribution in [0.15, 0.2) is 66.7 Å². The topological polar surface area (TPSA) is 84.5 Å². The summed E-state index contributed by atoms with van der Waals surface area (Å²) in [6.45, 7) is 3.84. The number of likely N-dealkylation sites (tertiary alicyclic amines) is 1. The Morgan fingerprint density at radius 2 is 1.69 bits per heavy atom. The third kappa shape index (κ3) is 8.01. The van der Waals surface area contributed by atoms with E-state index in [9.17, 15) is 14.4 Å². The van der Waals surface area contributed by atoms with Gasteiger partial charge >= 0.3 is 6.09 Å². The number of quaternary nitrogens is 1. The lowest BCUT2D eigenvalue weighted by atomic mass is 9.99. The Labute approximate surface area is 230 Å². The summed E-state index contributed by atoms with van der Waals surface area (Å²) in [4.78, 5) is 36.4. The lowest BCUT2D eigenvalue weighted by molar-refractivity contribution is -0.896. The lowest BCUT2D eigenvalue weighted by Gasteiger charge is -2.36. The number of aryl methyl sites for hydroxylation is 2. The molecule has 1 aliphatic rings. The van der Waals surface area contributed by atoms with Crippen LogP contribution < -0.4 is 10.6 Å². The normalized spacial score (nSPS) is 14.8. The lowest BCUT2D eigenvalue weighted by Crippen LogP contribution is -2.48. The third-order valence-electron chi connectivity index (χ3n) is 7.32. The van der Waals surface area contributed by atoms with Crippen LogP contribution in [0.2, 0.25) is 0 Å². The average Bonchev–Trinajstić information content (AvgIpc) is 2.91. The zero-order chi connectivity index (χ0) is 27.8. The Balaban J connectivity index is 1.39. The van der Waals surface area contributed by atoms with E-state index >= 15 is 0 Å². The van der Waals surface area contributed by atoms with Crippen LogP contribution in [0, 0.1) is 6.92 Å². The second kappa shape index (κ2) is 12.7. The molecule has 0 unspecified atom stereocenters. The van der Waals surface area contributed by atoms with Gasteiger partial charge in [0.25, 0.3) is 0 Å². The first-order valence-corrected chi connectivity index (χ1v) is 13.6. The van der Waals surface area contributed by atoms with Crippen LogP contribution in [0.4, 0.5) is 16.2 Å². The summed E-state index contributed by atoms with van der Waals surface area (Å²) in [5.74, 6) is -0.0749. The number of hydrogen-bond acceptors (Lipinski definition) is 4. The smallest absolute Gasteiger partial charge is 0.411 e. The van der Waals surface area contributed by atoms with Crippen molar-refractivity contribution in [3.05, 3.63) is 83.4 Å². The minimum atomic E-state index is -0.433. The fourth-order valence-electron chi connectivity index (χ4n) is 4.94. The molecule has 1 fully saturated rings. The molecule has 0 spiro atoms. The molecular formula is C32H38N3O4+. The van der Waals surface area contributed by atoms with Crippen molar-refractivity contribution in [3.8, 4) is 11.1 Å². The van der Waals surface area contributed by atoms with E-state index in [1.807, 2.05) is 55.5 Å². The van der Waals surface area contributed by atoms with Gasteiger partial charge in [-0.05, 0) is 60.7 Å². The molecule has 4 rings (SSSR count). The molecule has 2 amide bonds. The maximum atomic E-state index is 12.9. The molecular weight excluding hydrogens is 490 g/mol. The predicted molar refractivity (Wildman–Crippen MR) is 155 cm³/mol. The fraction of sp³-hybridized carbons (Fsp3) is 0.344. The average molecular weight is 529 g/mol. The van der Waals surface area contributed by atoms with Gasteiger partial charge in [-0.3, -0.25) is 14.9 Å². The minimum Gasteiger partial charge on any atom is -0.446 e.